The number of nitrogens with two attached hydrogens (primary N) is 2. The van der Waals surface area contributed by atoms with Gasteiger partial charge in [0.25, 0.3) is 0 Å². The van der Waals surface area contributed by atoms with Gasteiger partial charge in [-0.3, -0.25) is 4.98 Å². The summed E-state index contributed by atoms with van der Waals surface area (Å²) in [6, 6.07) is 14.3. The number of amidine groups is 1. The van der Waals surface area contributed by atoms with Crippen molar-refractivity contribution in [3.63, 3.8) is 0 Å². The highest BCUT2D eigenvalue weighted by Gasteiger charge is 2.41. The Labute approximate surface area is 168 Å². The molecule has 5 N–H and O–H groups in total. The van der Waals surface area contributed by atoms with E-state index in [2.05, 4.69) is 25.6 Å². The van der Waals surface area contributed by atoms with E-state index in [1.807, 2.05) is 36.4 Å². The molecule has 4 rings (SSSR count). The molecule has 0 atom stereocenters. The molecule has 3 aromatic rings. The molecule has 1 saturated carbocycles. The molecule has 2 aromatic heterocycles. The third-order valence-corrected chi connectivity index (χ3v) is 5.46. The molecule has 29 heavy (non-hydrogen) atoms. The Bertz CT molecular complexity index is 1010. The molecule has 2 heterocycles. The van der Waals surface area contributed by atoms with Crippen LogP contribution < -0.4 is 16.9 Å². The molecule has 7 nitrogen and oxygen atoms in total. The zero-order valence-corrected chi connectivity index (χ0v) is 15.8. The fraction of sp³-hybridized carbons (Fsp3) is 0.238. The first-order chi connectivity index (χ1) is 14.1. The number of hydrazone groups is 1. The standard InChI is InChI=1S/C21H22FN7/c22-16-3-1-12-25-19(16)21(10-2-11-21)13-26-18-9-8-17(28-29-18)14-4-6-15(7-5-14)20(23)27-24/h1,3-9,12H,2,10-11,13,24H2,(H2,23,27)(H,26,29). The van der Waals surface area contributed by atoms with E-state index in [-0.39, 0.29) is 17.1 Å². The van der Waals surface area contributed by atoms with Crippen LogP contribution in [0.25, 0.3) is 11.3 Å². The number of anilines is 1. The van der Waals surface area contributed by atoms with Crippen molar-refractivity contribution in [3.05, 3.63) is 71.8 Å². The maximum absolute atomic E-state index is 14.2. The molecule has 0 saturated heterocycles. The first kappa shape index (κ1) is 18.8. The van der Waals surface area contributed by atoms with Crippen LogP contribution in [0.1, 0.15) is 30.5 Å². The zero-order valence-electron chi connectivity index (χ0n) is 15.8. The van der Waals surface area contributed by atoms with Crippen molar-refractivity contribution >= 4 is 11.7 Å². The van der Waals surface area contributed by atoms with E-state index >= 15 is 0 Å². The quantitative estimate of drug-likeness (QED) is 0.258. The number of nitrogens with one attached hydrogen (secondary N) is 1. The predicted molar refractivity (Wildman–Crippen MR) is 111 cm³/mol. The summed E-state index contributed by atoms with van der Waals surface area (Å²) in [5, 5.41) is 15.3. The molecular formula is C21H22FN7. The van der Waals surface area contributed by atoms with E-state index in [0.29, 0.717) is 18.1 Å². The number of rotatable bonds is 6. The minimum Gasteiger partial charge on any atom is -0.382 e. The second-order valence-electron chi connectivity index (χ2n) is 7.22. The first-order valence-electron chi connectivity index (χ1n) is 9.44. The second kappa shape index (κ2) is 7.83. The van der Waals surface area contributed by atoms with Gasteiger partial charge in [-0.15, -0.1) is 10.2 Å². The summed E-state index contributed by atoms with van der Waals surface area (Å²) in [6.07, 6.45) is 4.52. The predicted octanol–water partition coefficient (Wildman–Crippen LogP) is 2.79. The Balaban J connectivity index is 1.45. The summed E-state index contributed by atoms with van der Waals surface area (Å²) in [5.74, 6) is 5.87. The van der Waals surface area contributed by atoms with Crippen molar-refractivity contribution in [1.82, 2.24) is 15.2 Å². The Kier molecular flexibility index (Phi) is 5.07. The smallest absolute Gasteiger partial charge is 0.150 e. The van der Waals surface area contributed by atoms with Gasteiger partial charge < -0.3 is 16.9 Å². The van der Waals surface area contributed by atoms with Crippen LogP contribution in [0, 0.1) is 5.82 Å². The highest BCUT2D eigenvalue weighted by molar-refractivity contribution is 5.97. The van der Waals surface area contributed by atoms with Gasteiger partial charge in [-0.1, -0.05) is 30.7 Å². The maximum Gasteiger partial charge on any atom is 0.150 e. The number of benzene rings is 1. The lowest BCUT2D eigenvalue weighted by molar-refractivity contribution is 0.243. The van der Waals surface area contributed by atoms with Crippen molar-refractivity contribution in [2.24, 2.45) is 16.7 Å². The van der Waals surface area contributed by atoms with E-state index in [0.717, 1.165) is 36.1 Å². The molecule has 0 aliphatic heterocycles. The zero-order chi connectivity index (χ0) is 20.3. The SMILES string of the molecule is NN=C(N)c1ccc(-c2ccc(NCC3(c4ncccc4F)CCC3)nn2)cc1. The summed E-state index contributed by atoms with van der Waals surface area (Å²) < 4.78 is 14.2. The van der Waals surface area contributed by atoms with Crippen LogP contribution in [0.3, 0.4) is 0 Å². The van der Waals surface area contributed by atoms with Gasteiger partial charge in [0, 0.05) is 29.3 Å². The normalized spacial score (nSPS) is 15.6. The monoisotopic (exact) mass is 391 g/mol. The molecule has 148 valence electrons. The van der Waals surface area contributed by atoms with Crippen LogP contribution >= 0.6 is 0 Å². The topological polar surface area (TPSA) is 115 Å². The number of nitrogens with zero attached hydrogens (tertiary/aromatic N) is 4. The maximum atomic E-state index is 14.2. The van der Waals surface area contributed by atoms with E-state index in [1.165, 1.54) is 6.07 Å². The van der Waals surface area contributed by atoms with Gasteiger partial charge >= 0.3 is 0 Å². The Hall–Kier alpha value is -3.55. The molecule has 1 aromatic carbocycles. The number of pyridine rings is 1. The molecule has 8 heteroatoms. The number of halogens is 1. The molecule has 1 aliphatic rings. The molecule has 0 radical (unpaired) electrons. The van der Waals surface area contributed by atoms with Crippen LogP contribution in [0.15, 0.2) is 59.8 Å². The summed E-state index contributed by atoms with van der Waals surface area (Å²) in [7, 11) is 0. The Morgan fingerprint density at radius 1 is 1.10 bits per heavy atom. The molecule has 0 bridgehead atoms. The van der Waals surface area contributed by atoms with Crippen LogP contribution in [-0.2, 0) is 5.41 Å². The van der Waals surface area contributed by atoms with Crippen LogP contribution in [0.5, 0.6) is 0 Å². The lowest BCUT2D eigenvalue weighted by atomic mass is 9.66. The molecule has 1 fully saturated rings. The highest BCUT2D eigenvalue weighted by atomic mass is 19.1. The average Bonchev–Trinajstić information content (AvgIpc) is 2.74. The minimum absolute atomic E-state index is 0.251. The van der Waals surface area contributed by atoms with Crippen LogP contribution in [0.2, 0.25) is 0 Å². The third-order valence-electron chi connectivity index (χ3n) is 5.46. The summed E-state index contributed by atoms with van der Waals surface area (Å²) in [6.45, 7) is 0.571. The van der Waals surface area contributed by atoms with Crippen molar-refractivity contribution in [2.45, 2.75) is 24.7 Å². The summed E-state index contributed by atoms with van der Waals surface area (Å²) in [4.78, 5) is 4.29. The van der Waals surface area contributed by atoms with E-state index in [9.17, 15) is 4.39 Å². The molecule has 0 amide bonds. The van der Waals surface area contributed by atoms with Crippen molar-refractivity contribution < 1.29 is 4.39 Å². The van der Waals surface area contributed by atoms with Gasteiger partial charge in [0.1, 0.15) is 17.5 Å². The lowest BCUT2D eigenvalue weighted by Crippen LogP contribution is -2.42. The van der Waals surface area contributed by atoms with Gasteiger partial charge in [0.15, 0.2) is 0 Å². The Morgan fingerprint density at radius 2 is 1.90 bits per heavy atom. The van der Waals surface area contributed by atoms with Gasteiger partial charge in [-0.25, -0.2) is 4.39 Å². The van der Waals surface area contributed by atoms with Crippen molar-refractivity contribution in [3.8, 4) is 11.3 Å². The third kappa shape index (κ3) is 3.73. The Morgan fingerprint density at radius 3 is 2.48 bits per heavy atom. The average molecular weight is 391 g/mol. The molecule has 0 unspecified atom stereocenters. The first-order valence-corrected chi connectivity index (χ1v) is 9.44. The van der Waals surface area contributed by atoms with Gasteiger partial charge in [0.05, 0.1) is 11.4 Å². The largest absolute Gasteiger partial charge is 0.382 e. The van der Waals surface area contributed by atoms with Gasteiger partial charge in [0.2, 0.25) is 0 Å². The second-order valence-corrected chi connectivity index (χ2v) is 7.22. The van der Waals surface area contributed by atoms with Crippen LogP contribution in [-0.4, -0.2) is 27.6 Å². The summed E-state index contributed by atoms with van der Waals surface area (Å²) in [5.41, 5.74) is 8.33. The molecule has 1 aliphatic carbocycles. The van der Waals surface area contributed by atoms with Crippen molar-refractivity contribution in [2.75, 3.05) is 11.9 Å². The van der Waals surface area contributed by atoms with Crippen LogP contribution in [0.4, 0.5) is 10.2 Å². The van der Waals surface area contributed by atoms with E-state index in [1.54, 1.807) is 12.3 Å². The minimum atomic E-state index is -0.286. The number of hydrogen-bond acceptors (Lipinski definition) is 6. The van der Waals surface area contributed by atoms with Gasteiger partial charge in [-0.05, 0) is 37.1 Å². The van der Waals surface area contributed by atoms with E-state index in [4.69, 9.17) is 11.6 Å². The number of aromatic nitrogens is 3. The number of hydrogen-bond donors (Lipinski definition) is 3. The van der Waals surface area contributed by atoms with E-state index < -0.39 is 0 Å². The highest BCUT2D eigenvalue weighted by Crippen LogP contribution is 2.43. The van der Waals surface area contributed by atoms with Crippen molar-refractivity contribution in [1.29, 1.82) is 0 Å². The lowest BCUT2D eigenvalue weighted by Gasteiger charge is -2.41. The molecular weight excluding hydrogens is 369 g/mol. The molecule has 0 spiro atoms. The fourth-order valence-corrected chi connectivity index (χ4v) is 3.60. The van der Waals surface area contributed by atoms with Gasteiger partial charge in [-0.2, -0.15) is 5.10 Å². The fourth-order valence-electron chi connectivity index (χ4n) is 3.60. The summed E-state index contributed by atoms with van der Waals surface area (Å²) >= 11 is 0.